The molecule has 46 valence electrons. The Morgan fingerprint density at radius 1 is 1.62 bits per heavy atom. The van der Waals surface area contributed by atoms with Crippen molar-refractivity contribution < 1.29 is 4.74 Å². The molecule has 3 fully saturated rings. The van der Waals surface area contributed by atoms with E-state index in [9.17, 15) is 0 Å². The molecule has 3 atom stereocenters. The molecule has 3 aliphatic rings. The Labute approximate surface area is 49.0 Å². The Morgan fingerprint density at radius 2 is 2.50 bits per heavy atom. The van der Waals surface area contributed by atoms with Crippen molar-refractivity contribution in [3.05, 3.63) is 0 Å². The third-order valence-electron chi connectivity index (χ3n) is 2.41. The molecule has 0 aromatic rings. The number of nitrogens with two attached hydrogens (primary N) is 1. The van der Waals surface area contributed by atoms with E-state index >= 15 is 0 Å². The molecule has 0 unspecified atom stereocenters. The van der Waals surface area contributed by atoms with Crippen molar-refractivity contribution in [3.8, 4) is 0 Å². The van der Waals surface area contributed by atoms with Crippen molar-refractivity contribution >= 4 is 0 Å². The summed E-state index contributed by atoms with van der Waals surface area (Å²) in [5, 5.41) is 0. The molecule has 2 N–H and O–H groups in total. The number of fused-ring (bicyclic) bond motifs is 1. The Hall–Kier alpha value is -0.0800. The number of hydrogen-bond acceptors (Lipinski definition) is 2. The number of rotatable bonds is 1. The van der Waals surface area contributed by atoms with Crippen molar-refractivity contribution in [2.75, 3.05) is 13.2 Å². The van der Waals surface area contributed by atoms with Gasteiger partial charge >= 0.3 is 0 Å². The maximum absolute atomic E-state index is 5.47. The van der Waals surface area contributed by atoms with Gasteiger partial charge in [-0.05, 0) is 18.9 Å². The van der Waals surface area contributed by atoms with Crippen LogP contribution < -0.4 is 5.73 Å². The van der Waals surface area contributed by atoms with Crippen LogP contribution in [-0.4, -0.2) is 19.3 Å². The lowest BCUT2D eigenvalue weighted by atomic mass is 9.74. The lowest BCUT2D eigenvalue weighted by molar-refractivity contribution is 0.0764. The summed E-state index contributed by atoms with van der Waals surface area (Å²) in [6.07, 6.45) is 1.83. The first kappa shape index (κ1) is 4.77. The van der Waals surface area contributed by atoms with E-state index < -0.39 is 0 Å². The quantitative estimate of drug-likeness (QED) is 0.518. The SMILES string of the molecule is NC[C@@H]1[C@@H]2CO[C@H]1C2. The molecule has 0 radical (unpaired) electrons. The summed E-state index contributed by atoms with van der Waals surface area (Å²) >= 11 is 0. The molecule has 2 bridgehead atoms. The third kappa shape index (κ3) is 0.400. The first-order valence-electron chi connectivity index (χ1n) is 3.23. The topological polar surface area (TPSA) is 35.2 Å². The highest BCUT2D eigenvalue weighted by Gasteiger charge is 2.46. The van der Waals surface area contributed by atoms with Gasteiger partial charge in [0, 0.05) is 5.92 Å². The van der Waals surface area contributed by atoms with Crippen LogP contribution >= 0.6 is 0 Å². The van der Waals surface area contributed by atoms with Crippen molar-refractivity contribution in [2.24, 2.45) is 17.6 Å². The molecule has 3 rings (SSSR count). The van der Waals surface area contributed by atoms with E-state index in [4.69, 9.17) is 10.5 Å². The summed E-state index contributed by atoms with van der Waals surface area (Å²) in [6.45, 7) is 1.81. The Balaban J connectivity index is 2.02. The predicted molar refractivity (Wildman–Crippen MR) is 30.4 cm³/mol. The monoisotopic (exact) mass is 113 g/mol. The summed E-state index contributed by atoms with van der Waals surface area (Å²) in [5.41, 5.74) is 5.47. The highest BCUT2D eigenvalue weighted by molar-refractivity contribution is 4.96. The summed E-state index contributed by atoms with van der Waals surface area (Å²) < 4.78 is 5.35. The molecule has 0 spiro atoms. The minimum absolute atomic E-state index is 0.546. The minimum Gasteiger partial charge on any atom is -0.378 e. The van der Waals surface area contributed by atoms with Gasteiger partial charge in [0.25, 0.3) is 0 Å². The van der Waals surface area contributed by atoms with Gasteiger partial charge in [0.15, 0.2) is 0 Å². The van der Waals surface area contributed by atoms with Crippen molar-refractivity contribution in [1.29, 1.82) is 0 Å². The van der Waals surface area contributed by atoms with E-state index in [1.54, 1.807) is 0 Å². The van der Waals surface area contributed by atoms with Gasteiger partial charge in [-0.3, -0.25) is 0 Å². The van der Waals surface area contributed by atoms with Crippen molar-refractivity contribution in [2.45, 2.75) is 12.5 Å². The van der Waals surface area contributed by atoms with Crippen LogP contribution in [0.2, 0.25) is 0 Å². The van der Waals surface area contributed by atoms with Crippen LogP contribution in [0.5, 0.6) is 0 Å². The second-order valence-electron chi connectivity index (χ2n) is 2.77. The van der Waals surface area contributed by atoms with E-state index in [1.165, 1.54) is 6.42 Å². The zero-order chi connectivity index (χ0) is 5.56. The zero-order valence-corrected chi connectivity index (χ0v) is 4.84. The van der Waals surface area contributed by atoms with Crippen LogP contribution in [0.25, 0.3) is 0 Å². The molecule has 8 heavy (non-hydrogen) atoms. The van der Waals surface area contributed by atoms with Gasteiger partial charge in [-0.1, -0.05) is 0 Å². The van der Waals surface area contributed by atoms with Gasteiger partial charge in [0.1, 0.15) is 0 Å². The van der Waals surface area contributed by atoms with E-state index in [1.807, 2.05) is 0 Å². The largest absolute Gasteiger partial charge is 0.378 e. The molecule has 2 saturated heterocycles. The first-order chi connectivity index (χ1) is 3.92. The number of ether oxygens (including phenoxy) is 1. The third-order valence-corrected chi connectivity index (χ3v) is 2.41. The van der Waals surface area contributed by atoms with Gasteiger partial charge in [-0.15, -0.1) is 0 Å². The summed E-state index contributed by atoms with van der Waals surface area (Å²) in [4.78, 5) is 0. The first-order valence-corrected chi connectivity index (χ1v) is 3.23. The Kier molecular flexibility index (Phi) is 0.866. The predicted octanol–water partition coefficient (Wildman–Crippen LogP) is -0.0200. The standard InChI is InChI=1S/C6H11NO/c7-2-5-4-1-6(5)8-3-4/h4-6H,1-3,7H2/t4-,5+,6-/m0/s1. The Morgan fingerprint density at radius 3 is 2.75 bits per heavy atom. The highest BCUT2D eigenvalue weighted by Crippen LogP contribution is 2.43. The fourth-order valence-electron chi connectivity index (χ4n) is 1.73. The molecule has 1 aliphatic carbocycles. The van der Waals surface area contributed by atoms with Crippen molar-refractivity contribution in [3.63, 3.8) is 0 Å². The average Bonchev–Trinajstić information content (AvgIpc) is 2.19. The van der Waals surface area contributed by atoms with Gasteiger partial charge in [-0.25, -0.2) is 0 Å². The molecule has 2 nitrogen and oxygen atoms in total. The van der Waals surface area contributed by atoms with Gasteiger partial charge in [0.2, 0.25) is 0 Å². The van der Waals surface area contributed by atoms with Crippen LogP contribution in [0, 0.1) is 11.8 Å². The normalized spacial score (nSPS) is 51.4. The Bertz CT molecular complexity index is 90.7. The molecule has 1 saturated carbocycles. The smallest absolute Gasteiger partial charge is 0.0622 e. The van der Waals surface area contributed by atoms with Gasteiger partial charge in [0.05, 0.1) is 12.7 Å². The van der Waals surface area contributed by atoms with E-state index in [0.29, 0.717) is 6.10 Å². The maximum Gasteiger partial charge on any atom is 0.0622 e. The maximum atomic E-state index is 5.47. The van der Waals surface area contributed by atoms with Crippen LogP contribution in [0.1, 0.15) is 6.42 Å². The molecule has 2 heteroatoms. The minimum atomic E-state index is 0.546. The van der Waals surface area contributed by atoms with Crippen LogP contribution in [0.4, 0.5) is 0 Å². The summed E-state index contributed by atoms with van der Waals surface area (Å²) in [6, 6.07) is 0. The van der Waals surface area contributed by atoms with Crippen LogP contribution in [-0.2, 0) is 4.74 Å². The second kappa shape index (κ2) is 1.45. The van der Waals surface area contributed by atoms with E-state index in [-0.39, 0.29) is 0 Å². The molecule has 0 amide bonds. The van der Waals surface area contributed by atoms with Gasteiger partial charge < -0.3 is 10.5 Å². The highest BCUT2D eigenvalue weighted by atomic mass is 16.5. The molecule has 2 aliphatic heterocycles. The van der Waals surface area contributed by atoms with E-state index in [0.717, 1.165) is 25.0 Å². The average molecular weight is 113 g/mol. The fourth-order valence-corrected chi connectivity index (χ4v) is 1.73. The fraction of sp³-hybridized carbons (Fsp3) is 1.00. The molecule has 0 aromatic heterocycles. The lowest BCUT2D eigenvalue weighted by Gasteiger charge is -2.31. The lowest BCUT2D eigenvalue weighted by Crippen LogP contribution is -2.38. The van der Waals surface area contributed by atoms with E-state index in [2.05, 4.69) is 0 Å². The molecule has 0 aromatic carbocycles. The van der Waals surface area contributed by atoms with Crippen LogP contribution in [0.15, 0.2) is 0 Å². The molecular weight excluding hydrogens is 102 g/mol. The molecule has 2 heterocycles. The summed E-state index contributed by atoms with van der Waals surface area (Å²) in [5.74, 6) is 1.54. The zero-order valence-electron chi connectivity index (χ0n) is 4.84. The van der Waals surface area contributed by atoms with Gasteiger partial charge in [-0.2, -0.15) is 0 Å². The second-order valence-corrected chi connectivity index (χ2v) is 2.77. The molecular formula is C6H11NO. The van der Waals surface area contributed by atoms with Crippen LogP contribution in [0.3, 0.4) is 0 Å². The van der Waals surface area contributed by atoms with Crippen molar-refractivity contribution in [1.82, 2.24) is 0 Å². The number of hydrogen-bond donors (Lipinski definition) is 1. The summed E-state index contributed by atoms with van der Waals surface area (Å²) in [7, 11) is 0.